The van der Waals surface area contributed by atoms with Crippen molar-refractivity contribution >= 4 is 41.7 Å². The van der Waals surface area contributed by atoms with E-state index in [0.29, 0.717) is 0 Å². The Bertz CT molecular complexity index is 920. The Balaban J connectivity index is 1.97. The summed E-state index contributed by atoms with van der Waals surface area (Å²) in [5.41, 5.74) is 8.24. The predicted molar refractivity (Wildman–Crippen MR) is 131 cm³/mol. The molecule has 2 atom stereocenters. The van der Waals surface area contributed by atoms with Crippen molar-refractivity contribution in [2.45, 2.75) is 63.4 Å². The third kappa shape index (κ3) is 3.26. The molecule has 0 heterocycles. The van der Waals surface area contributed by atoms with Gasteiger partial charge in [0.15, 0.2) is 0 Å². The maximum absolute atomic E-state index is 7.04. The van der Waals surface area contributed by atoms with E-state index in [1.165, 1.54) is 33.4 Å². The molecule has 152 valence electrons. The first-order valence-electron chi connectivity index (χ1n) is 10.9. The normalized spacial score (nSPS) is 21.0. The zero-order valence-electron chi connectivity index (χ0n) is 17.9. The number of fused-ring (bicyclic) bond motifs is 2. The molecule has 2 aromatic rings. The first kappa shape index (κ1) is 21.0. The van der Waals surface area contributed by atoms with E-state index in [9.17, 15) is 0 Å². The topological polar surface area (TPSA) is 0 Å². The maximum Gasteiger partial charge on any atom is 0.113 e. The van der Waals surface area contributed by atoms with E-state index < -0.39 is 8.07 Å². The highest BCUT2D eigenvalue weighted by molar-refractivity contribution is 7.09. The monoisotopic (exact) mass is 440 g/mol. The lowest BCUT2D eigenvalue weighted by Gasteiger charge is -2.31. The molecular weight excluding hydrogens is 411 g/mol. The van der Waals surface area contributed by atoms with Crippen LogP contribution < -0.4 is 0 Å². The molecule has 0 saturated heterocycles. The summed E-state index contributed by atoms with van der Waals surface area (Å²) in [6, 6.07) is 17.6. The third-order valence-electron chi connectivity index (χ3n) is 6.55. The van der Waals surface area contributed by atoms with Gasteiger partial charge in [0.1, 0.15) is 8.07 Å². The molecule has 0 aliphatic heterocycles. The summed E-state index contributed by atoms with van der Waals surface area (Å²) in [6.45, 7) is 9.54. The van der Waals surface area contributed by atoms with E-state index in [1.54, 1.807) is 10.4 Å². The Morgan fingerprint density at radius 1 is 0.690 bits per heavy atom. The van der Waals surface area contributed by atoms with Gasteiger partial charge in [0.05, 0.1) is 10.8 Å². The highest BCUT2D eigenvalue weighted by Gasteiger charge is 2.45. The maximum atomic E-state index is 7.04. The molecule has 0 radical (unpaired) electrons. The van der Waals surface area contributed by atoms with Crippen LogP contribution in [0, 0.1) is 0 Å². The van der Waals surface area contributed by atoms with Gasteiger partial charge < -0.3 is 0 Å². The smallest absolute Gasteiger partial charge is 0.113 e. The molecular formula is C26H30Cl2Si. The van der Waals surface area contributed by atoms with Gasteiger partial charge in [0.2, 0.25) is 0 Å². The Hall–Kier alpha value is -1.28. The van der Waals surface area contributed by atoms with Crippen LogP contribution in [0.25, 0.3) is 10.4 Å². The van der Waals surface area contributed by atoms with Gasteiger partial charge in [-0.05, 0) is 56.6 Å². The van der Waals surface area contributed by atoms with Crippen LogP contribution in [0.5, 0.6) is 0 Å². The van der Waals surface area contributed by atoms with Crippen molar-refractivity contribution in [3.05, 3.63) is 81.9 Å². The fraction of sp³-hybridized carbons (Fsp3) is 0.385. The molecule has 4 rings (SSSR count). The van der Waals surface area contributed by atoms with Crippen LogP contribution >= 0.6 is 23.2 Å². The number of alkyl halides is 2. The summed E-state index contributed by atoms with van der Waals surface area (Å²) in [6.07, 6.45) is 4.38. The van der Waals surface area contributed by atoms with Gasteiger partial charge in [-0.3, -0.25) is 0 Å². The SMILES string of the molecule is CCCC1=C([Si](C)(C)C2=C(CCC)C(Cl)c3ccccc32)c2ccccc2C1Cl. The van der Waals surface area contributed by atoms with E-state index in [-0.39, 0.29) is 10.8 Å². The van der Waals surface area contributed by atoms with Crippen LogP contribution in [0.15, 0.2) is 59.7 Å². The molecule has 0 amide bonds. The zero-order valence-corrected chi connectivity index (χ0v) is 20.4. The number of benzene rings is 2. The van der Waals surface area contributed by atoms with Gasteiger partial charge in [-0.2, -0.15) is 0 Å². The van der Waals surface area contributed by atoms with E-state index in [2.05, 4.69) is 75.5 Å². The molecule has 0 saturated carbocycles. The van der Waals surface area contributed by atoms with E-state index in [0.717, 1.165) is 25.7 Å². The van der Waals surface area contributed by atoms with Crippen molar-refractivity contribution in [3.63, 3.8) is 0 Å². The molecule has 2 aliphatic carbocycles. The number of hydrogen-bond acceptors (Lipinski definition) is 0. The molecule has 0 fully saturated rings. The van der Waals surface area contributed by atoms with Crippen molar-refractivity contribution in [1.29, 1.82) is 0 Å². The first-order chi connectivity index (χ1) is 13.9. The minimum absolute atomic E-state index is 0.00611. The van der Waals surface area contributed by atoms with Crippen LogP contribution in [0.3, 0.4) is 0 Å². The standard InChI is InChI=1S/C26H30Cl2Si/c1-5-11-21-23(27)17-13-7-9-15-19(17)25(21)29(3,4)26-20-16-10-8-14-18(20)24(28)22(26)12-6-2/h7-10,13-16,23-24H,5-6,11-12H2,1-4H3. The molecule has 2 unspecified atom stereocenters. The molecule has 29 heavy (non-hydrogen) atoms. The molecule has 3 heteroatoms. The summed E-state index contributed by atoms with van der Waals surface area (Å²) < 4.78 is 0. The summed E-state index contributed by atoms with van der Waals surface area (Å²) in [5, 5.41) is 3.12. The van der Waals surface area contributed by atoms with Crippen LogP contribution in [0.1, 0.15) is 72.5 Å². The highest BCUT2D eigenvalue weighted by atomic mass is 35.5. The van der Waals surface area contributed by atoms with Crippen molar-refractivity contribution in [2.24, 2.45) is 0 Å². The predicted octanol–water partition coefficient (Wildman–Crippen LogP) is 8.87. The number of allylic oxidation sites excluding steroid dienone is 2. The summed E-state index contributed by atoms with van der Waals surface area (Å²) in [5.74, 6) is 0. The number of hydrogen-bond donors (Lipinski definition) is 0. The lowest BCUT2D eigenvalue weighted by atomic mass is 10.1. The second-order valence-electron chi connectivity index (χ2n) is 8.83. The Morgan fingerprint density at radius 3 is 1.45 bits per heavy atom. The van der Waals surface area contributed by atoms with E-state index >= 15 is 0 Å². The molecule has 0 nitrogen and oxygen atoms in total. The average molecular weight is 442 g/mol. The van der Waals surface area contributed by atoms with Gasteiger partial charge >= 0.3 is 0 Å². The van der Waals surface area contributed by atoms with Gasteiger partial charge in [0.25, 0.3) is 0 Å². The van der Waals surface area contributed by atoms with Gasteiger partial charge in [-0.15, -0.1) is 23.2 Å². The molecule has 2 aliphatic rings. The van der Waals surface area contributed by atoms with Crippen LogP contribution in [-0.4, -0.2) is 8.07 Å². The Kier molecular flexibility index (Phi) is 5.85. The van der Waals surface area contributed by atoms with Gasteiger partial charge in [-0.1, -0.05) is 88.3 Å². The summed E-state index contributed by atoms with van der Waals surface area (Å²) >= 11 is 14.1. The van der Waals surface area contributed by atoms with Crippen molar-refractivity contribution in [2.75, 3.05) is 0 Å². The Morgan fingerprint density at radius 2 is 1.07 bits per heavy atom. The number of halogens is 2. The average Bonchev–Trinajstić information content (AvgIpc) is 3.16. The van der Waals surface area contributed by atoms with Crippen LogP contribution in [0.4, 0.5) is 0 Å². The lowest BCUT2D eigenvalue weighted by Crippen LogP contribution is -2.31. The summed E-state index contributed by atoms with van der Waals surface area (Å²) in [4.78, 5) is 0. The molecule has 0 spiro atoms. The summed E-state index contributed by atoms with van der Waals surface area (Å²) in [7, 11) is -2.03. The minimum Gasteiger partial charge on any atom is -0.113 e. The molecule has 0 N–H and O–H groups in total. The van der Waals surface area contributed by atoms with E-state index in [1.807, 2.05) is 0 Å². The quantitative estimate of drug-likeness (QED) is 0.310. The molecule has 0 bridgehead atoms. The van der Waals surface area contributed by atoms with Gasteiger partial charge in [-0.25, -0.2) is 0 Å². The number of rotatable bonds is 6. The van der Waals surface area contributed by atoms with Crippen molar-refractivity contribution < 1.29 is 0 Å². The van der Waals surface area contributed by atoms with Crippen LogP contribution in [-0.2, 0) is 0 Å². The fourth-order valence-corrected chi connectivity index (χ4v) is 10.7. The van der Waals surface area contributed by atoms with E-state index in [4.69, 9.17) is 23.2 Å². The fourth-order valence-electron chi connectivity index (χ4n) is 5.51. The van der Waals surface area contributed by atoms with Crippen LogP contribution in [0.2, 0.25) is 13.1 Å². The first-order valence-corrected chi connectivity index (χ1v) is 14.7. The molecule has 0 aromatic heterocycles. The van der Waals surface area contributed by atoms with Gasteiger partial charge in [0, 0.05) is 0 Å². The second kappa shape index (κ2) is 8.10. The zero-order chi connectivity index (χ0) is 20.8. The van der Waals surface area contributed by atoms with Crippen molar-refractivity contribution in [1.82, 2.24) is 0 Å². The third-order valence-corrected chi connectivity index (χ3v) is 11.2. The van der Waals surface area contributed by atoms with Crippen molar-refractivity contribution in [3.8, 4) is 0 Å². The molecule has 2 aromatic carbocycles. The Labute approximate surface area is 186 Å². The largest absolute Gasteiger partial charge is 0.113 e. The highest BCUT2D eigenvalue weighted by Crippen LogP contribution is 2.56. The minimum atomic E-state index is -2.03. The lowest BCUT2D eigenvalue weighted by molar-refractivity contribution is 0.872. The second-order valence-corrected chi connectivity index (χ2v) is 13.9.